The topological polar surface area (TPSA) is 45.6 Å². The molecule has 0 saturated carbocycles. The zero-order valence-corrected chi connectivity index (χ0v) is 19.9. The van der Waals surface area contributed by atoms with E-state index in [9.17, 15) is 9.59 Å². The molecule has 1 aliphatic heterocycles. The standard InChI is InChI=1S/C30H29N3O2/c1-2-31(30(35)26-17-15-24(16-18-26)23-10-5-3-6-11-23)22-28(34)33-21-20-32-19-9-14-27(32)29(33)25-12-7-4-8-13-25/h3-19,29H,2,20-22H2,1H3. The number of fused-ring (bicyclic) bond motifs is 1. The van der Waals surface area contributed by atoms with Crippen molar-refractivity contribution in [3.05, 3.63) is 120 Å². The zero-order valence-electron chi connectivity index (χ0n) is 19.9. The van der Waals surface area contributed by atoms with Crippen LogP contribution in [0.1, 0.15) is 34.6 Å². The predicted molar refractivity (Wildman–Crippen MR) is 138 cm³/mol. The van der Waals surface area contributed by atoms with Gasteiger partial charge in [-0.2, -0.15) is 0 Å². The van der Waals surface area contributed by atoms with E-state index in [4.69, 9.17) is 0 Å². The summed E-state index contributed by atoms with van der Waals surface area (Å²) in [5.74, 6) is -0.167. The zero-order chi connectivity index (χ0) is 24.2. The highest BCUT2D eigenvalue weighted by Crippen LogP contribution is 2.32. The molecular weight excluding hydrogens is 434 g/mol. The van der Waals surface area contributed by atoms with Crippen molar-refractivity contribution in [3.63, 3.8) is 0 Å². The molecule has 0 aliphatic carbocycles. The van der Waals surface area contributed by atoms with E-state index in [0.29, 0.717) is 18.7 Å². The third kappa shape index (κ3) is 4.62. The van der Waals surface area contributed by atoms with Crippen molar-refractivity contribution in [2.75, 3.05) is 19.6 Å². The Kier molecular flexibility index (Phi) is 6.49. The maximum Gasteiger partial charge on any atom is 0.254 e. The van der Waals surface area contributed by atoms with Gasteiger partial charge in [0.1, 0.15) is 6.54 Å². The van der Waals surface area contributed by atoms with Gasteiger partial charge in [0.15, 0.2) is 0 Å². The van der Waals surface area contributed by atoms with Crippen LogP contribution in [0.2, 0.25) is 0 Å². The van der Waals surface area contributed by atoms with Crippen LogP contribution in [-0.4, -0.2) is 45.8 Å². The normalized spacial score (nSPS) is 14.9. The molecule has 0 saturated heterocycles. The first kappa shape index (κ1) is 22.7. The van der Waals surface area contributed by atoms with E-state index >= 15 is 0 Å². The van der Waals surface area contributed by atoms with Crippen LogP contribution in [0.5, 0.6) is 0 Å². The minimum absolute atomic E-state index is 0.0394. The summed E-state index contributed by atoms with van der Waals surface area (Å²) in [5, 5.41) is 0. The lowest BCUT2D eigenvalue weighted by atomic mass is 10.00. The molecule has 0 spiro atoms. The summed E-state index contributed by atoms with van der Waals surface area (Å²) in [6, 6.07) is 31.7. The number of carbonyl (C=O) groups excluding carboxylic acids is 2. The fourth-order valence-corrected chi connectivity index (χ4v) is 4.84. The number of carbonyl (C=O) groups is 2. The predicted octanol–water partition coefficient (Wildman–Crippen LogP) is 5.25. The van der Waals surface area contributed by atoms with Gasteiger partial charge in [0.2, 0.25) is 5.91 Å². The first-order valence-corrected chi connectivity index (χ1v) is 12.1. The Morgan fingerprint density at radius 2 is 1.46 bits per heavy atom. The number of hydrogen-bond donors (Lipinski definition) is 0. The van der Waals surface area contributed by atoms with Gasteiger partial charge in [0, 0.05) is 37.1 Å². The van der Waals surface area contributed by atoms with Crippen molar-refractivity contribution in [2.45, 2.75) is 19.5 Å². The van der Waals surface area contributed by atoms with Crippen LogP contribution in [0.25, 0.3) is 11.1 Å². The lowest BCUT2D eigenvalue weighted by Gasteiger charge is -2.38. The van der Waals surface area contributed by atoms with Crippen LogP contribution < -0.4 is 0 Å². The molecule has 0 N–H and O–H groups in total. The molecule has 0 fully saturated rings. The Bertz CT molecular complexity index is 1300. The van der Waals surface area contributed by atoms with Gasteiger partial charge < -0.3 is 14.4 Å². The van der Waals surface area contributed by atoms with Gasteiger partial charge in [-0.1, -0.05) is 72.8 Å². The van der Waals surface area contributed by atoms with E-state index in [1.807, 2.05) is 90.7 Å². The van der Waals surface area contributed by atoms with Crippen LogP contribution in [0, 0.1) is 0 Å². The highest BCUT2D eigenvalue weighted by Gasteiger charge is 2.33. The molecule has 2 heterocycles. The van der Waals surface area contributed by atoms with Gasteiger partial charge in [-0.3, -0.25) is 9.59 Å². The molecule has 1 atom stereocenters. The van der Waals surface area contributed by atoms with E-state index < -0.39 is 0 Å². The average molecular weight is 464 g/mol. The highest BCUT2D eigenvalue weighted by atomic mass is 16.2. The molecule has 35 heavy (non-hydrogen) atoms. The van der Waals surface area contributed by atoms with E-state index in [2.05, 4.69) is 29.0 Å². The first-order valence-electron chi connectivity index (χ1n) is 12.1. The Balaban J connectivity index is 1.34. The maximum absolute atomic E-state index is 13.6. The fraction of sp³-hybridized carbons (Fsp3) is 0.200. The van der Waals surface area contributed by atoms with Crippen molar-refractivity contribution in [3.8, 4) is 11.1 Å². The van der Waals surface area contributed by atoms with Crippen molar-refractivity contribution in [2.24, 2.45) is 0 Å². The molecule has 2 amide bonds. The Hall–Kier alpha value is -4.12. The lowest BCUT2D eigenvalue weighted by molar-refractivity contribution is -0.134. The highest BCUT2D eigenvalue weighted by molar-refractivity contribution is 5.97. The summed E-state index contributed by atoms with van der Waals surface area (Å²) >= 11 is 0. The van der Waals surface area contributed by atoms with Gasteiger partial charge >= 0.3 is 0 Å². The Morgan fingerprint density at radius 3 is 2.14 bits per heavy atom. The van der Waals surface area contributed by atoms with E-state index in [0.717, 1.165) is 28.9 Å². The van der Waals surface area contributed by atoms with Crippen molar-refractivity contribution < 1.29 is 9.59 Å². The van der Waals surface area contributed by atoms with Gasteiger partial charge in [0.05, 0.1) is 6.04 Å². The molecule has 0 radical (unpaired) electrons. The molecule has 5 heteroatoms. The molecular formula is C30H29N3O2. The minimum atomic E-state index is -0.161. The quantitative estimate of drug-likeness (QED) is 0.392. The van der Waals surface area contributed by atoms with Gasteiger partial charge in [-0.25, -0.2) is 0 Å². The molecule has 5 nitrogen and oxygen atoms in total. The maximum atomic E-state index is 13.6. The third-order valence-corrected chi connectivity index (χ3v) is 6.71. The summed E-state index contributed by atoms with van der Waals surface area (Å²) in [5.41, 5.74) is 4.93. The van der Waals surface area contributed by atoms with Crippen LogP contribution in [0.4, 0.5) is 0 Å². The monoisotopic (exact) mass is 463 g/mol. The molecule has 3 aromatic carbocycles. The second kappa shape index (κ2) is 10.0. The first-order chi connectivity index (χ1) is 17.2. The Labute approximate surface area is 206 Å². The molecule has 1 aliphatic rings. The number of rotatable bonds is 6. The van der Waals surface area contributed by atoms with E-state index in [-0.39, 0.29) is 24.4 Å². The molecule has 1 aromatic heterocycles. The number of likely N-dealkylation sites (N-methyl/N-ethyl adjacent to an activating group) is 1. The van der Waals surface area contributed by atoms with Crippen LogP contribution in [0.15, 0.2) is 103 Å². The number of aromatic nitrogens is 1. The summed E-state index contributed by atoms with van der Waals surface area (Å²) in [6.07, 6.45) is 2.06. The minimum Gasteiger partial charge on any atom is -0.348 e. The van der Waals surface area contributed by atoms with Crippen molar-refractivity contribution in [1.29, 1.82) is 0 Å². The molecule has 1 unspecified atom stereocenters. The number of benzene rings is 3. The number of amides is 2. The summed E-state index contributed by atoms with van der Waals surface area (Å²) < 4.78 is 2.21. The Morgan fingerprint density at radius 1 is 0.800 bits per heavy atom. The summed E-state index contributed by atoms with van der Waals surface area (Å²) in [6.45, 7) is 3.79. The largest absolute Gasteiger partial charge is 0.348 e. The smallest absolute Gasteiger partial charge is 0.254 e. The second-order valence-electron chi connectivity index (χ2n) is 8.79. The van der Waals surface area contributed by atoms with Gasteiger partial charge in [-0.05, 0) is 47.9 Å². The molecule has 4 aromatic rings. The van der Waals surface area contributed by atoms with Crippen LogP contribution in [0.3, 0.4) is 0 Å². The second-order valence-corrected chi connectivity index (χ2v) is 8.79. The third-order valence-electron chi connectivity index (χ3n) is 6.71. The molecule has 0 bridgehead atoms. The van der Waals surface area contributed by atoms with E-state index in [1.54, 1.807) is 4.90 Å². The van der Waals surface area contributed by atoms with Crippen LogP contribution >= 0.6 is 0 Å². The van der Waals surface area contributed by atoms with Gasteiger partial charge in [-0.15, -0.1) is 0 Å². The van der Waals surface area contributed by atoms with Crippen LogP contribution in [-0.2, 0) is 11.3 Å². The van der Waals surface area contributed by atoms with Gasteiger partial charge in [0.25, 0.3) is 5.91 Å². The molecule has 176 valence electrons. The fourth-order valence-electron chi connectivity index (χ4n) is 4.84. The molecule has 5 rings (SSSR count). The summed E-state index contributed by atoms with van der Waals surface area (Å²) in [4.78, 5) is 30.4. The lowest BCUT2D eigenvalue weighted by Crippen LogP contribution is -2.48. The number of nitrogens with zero attached hydrogens (tertiary/aromatic N) is 3. The van der Waals surface area contributed by atoms with Crippen molar-refractivity contribution in [1.82, 2.24) is 14.4 Å². The SMILES string of the molecule is CCN(CC(=O)N1CCn2cccc2C1c1ccccc1)C(=O)c1ccc(-c2ccccc2)cc1. The number of hydrogen-bond acceptors (Lipinski definition) is 2. The summed E-state index contributed by atoms with van der Waals surface area (Å²) in [7, 11) is 0. The van der Waals surface area contributed by atoms with Crippen molar-refractivity contribution >= 4 is 11.8 Å². The van der Waals surface area contributed by atoms with E-state index in [1.165, 1.54) is 0 Å². The average Bonchev–Trinajstić information content (AvgIpc) is 3.41.